The number of hydrogen-bond acceptors (Lipinski definition) is 5. The predicted octanol–water partition coefficient (Wildman–Crippen LogP) is 2.98. The van der Waals surface area contributed by atoms with Crippen LogP contribution in [0, 0.1) is 17.8 Å². The second-order valence-electron chi connectivity index (χ2n) is 11.1. The van der Waals surface area contributed by atoms with Crippen molar-refractivity contribution in [1.29, 1.82) is 0 Å². The molecular formula is C27H42N2O6. The van der Waals surface area contributed by atoms with Gasteiger partial charge in [0.05, 0.1) is 24.2 Å². The zero-order chi connectivity index (χ0) is 25.5. The molecule has 2 N–H and O–H groups in total. The van der Waals surface area contributed by atoms with Crippen LogP contribution < -0.4 is 0 Å². The fourth-order valence-electron chi connectivity index (χ4n) is 7.59. The molecule has 3 aliphatic heterocycles. The Balaban J connectivity index is 1.83. The van der Waals surface area contributed by atoms with Crippen molar-refractivity contribution in [3.63, 3.8) is 0 Å². The van der Waals surface area contributed by atoms with Gasteiger partial charge in [-0.05, 0) is 38.0 Å². The van der Waals surface area contributed by atoms with Crippen LogP contribution in [0.5, 0.6) is 0 Å². The molecule has 196 valence electrons. The molecule has 1 aliphatic carbocycles. The topological polar surface area (TPSA) is 107 Å². The summed E-state index contributed by atoms with van der Waals surface area (Å²) in [5, 5.41) is 20.7. The average Bonchev–Trinajstić information content (AvgIpc) is 3.47. The van der Waals surface area contributed by atoms with Gasteiger partial charge in [0.15, 0.2) is 0 Å². The molecule has 0 aromatic carbocycles. The maximum Gasteiger partial charge on any atom is 0.310 e. The van der Waals surface area contributed by atoms with Gasteiger partial charge < -0.3 is 24.7 Å². The molecule has 4 aliphatic rings. The fourth-order valence-corrected chi connectivity index (χ4v) is 7.59. The van der Waals surface area contributed by atoms with E-state index in [1.54, 1.807) is 11.0 Å². The molecule has 7 atom stereocenters. The zero-order valence-corrected chi connectivity index (χ0v) is 21.4. The molecule has 0 radical (unpaired) electrons. The average molecular weight is 491 g/mol. The first-order valence-electron chi connectivity index (χ1n) is 13.5. The lowest BCUT2D eigenvalue weighted by molar-refractivity contribution is -0.162. The number of aliphatic carboxylic acids is 1. The number of carboxylic acids is 1. The Hall–Kier alpha value is -1.93. The van der Waals surface area contributed by atoms with E-state index in [4.69, 9.17) is 4.74 Å². The quantitative estimate of drug-likeness (QED) is 0.456. The van der Waals surface area contributed by atoms with Gasteiger partial charge in [-0.2, -0.15) is 0 Å². The first-order chi connectivity index (χ1) is 16.7. The molecule has 1 spiro atoms. The normalized spacial score (nSPS) is 36.2. The molecule has 0 aromatic heterocycles. The molecule has 4 rings (SSSR count). The van der Waals surface area contributed by atoms with E-state index in [0.29, 0.717) is 32.2 Å². The van der Waals surface area contributed by atoms with Gasteiger partial charge in [-0.3, -0.25) is 14.4 Å². The van der Waals surface area contributed by atoms with Crippen LogP contribution in [0.3, 0.4) is 0 Å². The van der Waals surface area contributed by atoms with E-state index in [-0.39, 0.29) is 30.4 Å². The van der Waals surface area contributed by atoms with Gasteiger partial charge in [-0.15, -0.1) is 6.58 Å². The number of carbonyl (C=O) groups excluding carboxylic acids is 2. The van der Waals surface area contributed by atoms with E-state index < -0.39 is 41.1 Å². The van der Waals surface area contributed by atoms with Crippen molar-refractivity contribution in [1.82, 2.24) is 9.80 Å². The number of carboxylic acid groups (broad SMARTS) is 1. The Morgan fingerprint density at radius 1 is 1.26 bits per heavy atom. The molecular weight excluding hydrogens is 448 g/mol. The van der Waals surface area contributed by atoms with Crippen molar-refractivity contribution in [2.24, 2.45) is 17.8 Å². The smallest absolute Gasteiger partial charge is 0.310 e. The van der Waals surface area contributed by atoms with E-state index in [2.05, 4.69) is 6.58 Å². The Labute approximate surface area is 208 Å². The number of nitrogens with zero attached hydrogens (tertiary/aromatic N) is 2. The molecule has 2 amide bonds. The molecule has 1 saturated carbocycles. The van der Waals surface area contributed by atoms with E-state index >= 15 is 0 Å². The van der Waals surface area contributed by atoms with Crippen molar-refractivity contribution in [2.75, 3.05) is 13.2 Å². The molecule has 3 saturated heterocycles. The molecule has 4 fully saturated rings. The van der Waals surface area contributed by atoms with Crippen LogP contribution in [0.25, 0.3) is 0 Å². The number of aliphatic hydroxyl groups is 1. The summed E-state index contributed by atoms with van der Waals surface area (Å²) in [6.07, 6.45) is 8.96. The molecule has 8 heteroatoms. The van der Waals surface area contributed by atoms with Crippen molar-refractivity contribution < 1.29 is 29.3 Å². The lowest BCUT2D eigenvalue weighted by Gasteiger charge is -2.43. The summed E-state index contributed by atoms with van der Waals surface area (Å²) in [5.74, 6) is -3.55. The molecule has 35 heavy (non-hydrogen) atoms. The number of hydrogen-bond donors (Lipinski definition) is 2. The van der Waals surface area contributed by atoms with Crippen molar-refractivity contribution in [2.45, 2.75) is 108 Å². The molecule has 2 unspecified atom stereocenters. The van der Waals surface area contributed by atoms with Crippen LogP contribution >= 0.6 is 0 Å². The summed E-state index contributed by atoms with van der Waals surface area (Å²) >= 11 is 0. The lowest BCUT2D eigenvalue weighted by Crippen LogP contribution is -2.61. The van der Waals surface area contributed by atoms with E-state index in [0.717, 1.165) is 32.1 Å². The summed E-state index contributed by atoms with van der Waals surface area (Å²) in [4.78, 5) is 44.5. The second-order valence-corrected chi connectivity index (χ2v) is 11.1. The van der Waals surface area contributed by atoms with Gasteiger partial charge in [0.25, 0.3) is 0 Å². The Bertz CT molecular complexity index is 857. The molecule has 8 nitrogen and oxygen atoms in total. The minimum Gasteiger partial charge on any atom is -0.481 e. The Morgan fingerprint density at radius 3 is 2.49 bits per heavy atom. The molecule has 2 bridgehead atoms. The summed E-state index contributed by atoms with van der Waals surface area (Å²) in [5.41, 5.74) is -2.11. The largest absolute Gasteiger partial charge is 0.481 e. The van der Waals surface area contributed by atoms with Crippen LogP contribution in [0.1, 0.15) is 78.6 Å². The minimum atomic E-state index is -1.18. The summed E-state index contributed by atoms with van der Waals surface area (Å²) < 4.78 is 6.65. The number of fused-ring (bicyclic) bond motifs is 1. The van der Waals surface area contributed by atoms with Crippen molar-refractivity contribution in [3.8, 4) is 0 Å². The van der Waals surface area contributed by atoms with Gasteiger partial charge in [-0.1, -0.05) is 52.5 Å². The van der Waals surface area contributed by atoms with Crippen LogP contribution in [0.2, 0.25) is 0 Å². The standard InChI is InChI=1S/C27H42N2O6/c1-5-15-28(18-11-9-8-10-12-18)24(32)22-27-14-13-26(7-3,35-27)21(25(33)34)20(27)23(31)29(22)19(16-30)17(4)6-2/h5,17-22,30H,1,6-16H2,2-4H3,(H,33,34)/t17-,19-,20-,21-,22?,26+,27?/m0/s1. The maximum absolute atomic E-state index is 14.5. The third-order valence-electron chi connectivity index (χ3n) is 9.59. The summed E-state index contributed by atoms with van der Waals surface area (Å²) in [7, 11) is 0. The van der Waals surface area contributed by atoms with E-state index in [1.165, 1.54) is 0 Å². The van der Waals surface area contributed by atoms with E-state index in [9.17, 15) is 24.6 Å². The predicted molar refractivity (Wildman–Crippen MR) is 130 cm³/mol. The van der Waals surface area contributed by atoms with Gasteiger partial charge >= 0.3 is 5.97 Å². The SMILES string of the molecule is C=CCN(C(=O)C1N([C@@H](CO)[C@@H](C)CC)C(=O)[C@@H]2[C@@H](C(=O)O)[C@@]3(CC)CCC12O3)C1CCCCC1. The van der Waals surface area contributed by atoms with Gasteiger partial charge in [0, 0.05) is 12.6 Å². The maximum atomic E-state index is 14.5. The molecule has 0 aromatic rings. The summed E-state index contributed by atoms with van der Waals surface area (Å²) in [6, 6.07) is -1.45. The highest BCUT2D eigenvalue weighted by molar-refractivity contribution is 5.98. The number of amides is 2. The third-order valence-corrected chi connectivity index (χ3v) is 9.59. The van der Waals surface area contributed by atoms with Crippen LogP contribution in [-0.2, 0) is 19.1 Å². The highest BCUT2D eigenvalue weighted by Crippen LogP contribution is 2.64. The van der Waals surface area contributed by atoms with Crippen molar-refractivity contribution in [3.05, 3.63) is 12.7 Å². The van der Waals surface area contributed by atoms with Crippen molar-refractivity contribution >= 4 is 17.8 Å². The number of aliphatic hydroxyl groups excluding tert-OH is 1. The monoisotopic (exact) mass is 490 g/mol. The number of carbonyl (C=O) groups is 3. The third kappa shape index (κ3) is 3.82. The summed E-state index contributed by atoms with van der Waals surface area (Å²) in [6.45, 7) is 9.82. The highest BCUT2D eigenvalue weighted by Gasteiger charge is 2.79. The fraction of sp³-hybridized carbons (Fsp3) is 0.815. The van der Waals surface area contributed by atoms with E-state index in [1.807, 2.05) is 25.7 Å². The first-order valence-corrected chi connectivity index (χ1v) is 13.5. The second kappa shape index (κ2) is 9.85. The highest BCUT2D eigenvalue weighted by atomic mass is 16.5. The van der Waals surface area contributed by atoms with Crippen LogP contribution in [-0.4, -0.2) is 80.3 Å². The number of rotatable bonds is 10. The van der Waals surface area contributed by atoms with Crippen LogP contribution in [0.4, 0.5) is 0 Å². The first kappa shape index (κ1) is 26.1. The molecule has 3 heterocycles. The Morgan fingerprint density at radius 2 is 1.94 bits per heavy atom. The number of ether oxygens (including phenoxy) is 1. The number of likely N-dealkylation sites (tertiary alicyclic amines) is 1. The van der Waals surface area contributed by atoms with Crippen LogP contribution in [0.15, 0.2) is 12.7 Å². The lowest BCUT2D eigenvalue weighted by atomic mass is 9.65. The Kier molecular flexibility index (Phi) is 7.36. The minimum absolute atomic E-state index is 0.0578. The van der Waals surface area contributed by atoms with Gasteiger partial charge in [-0.25, -0.2) is 0 Å². The van der Waals surface area contributed by atoms with Gasteiger partial charge in [0.2, 0.25) is 11.8 Å². The zero-order valence-electron chi connectivity index (χ0n) is 21.4. The van der Waals surface area contributed by atoms with Gasteiger partial charge in [0.1, 0.15) is 17.6 Å².